The van der Waals surface area contributed by atoms with Crippen molar-refractivity contribution in [2.24, 2.45) is 0 Å². The van der Waals surface area contributed by atoms with Gasteiger partial charge in [0.15, 0.2) is 5.82 Å². The number of rotatable bonds is 9. The van der Waals surface area contributed by atoms with E-state index in [0.29, 0.717) is 24.2 Å². The Bertz CT molecular complexity index is 1830. The van der Waals surface area contributed by atoms with Crippen molar-refractivity contribution in [1.29, 1.82) is 0 Å². The van der Waals surface area contributed by atoms with Gasteiger partial charge in [-0.25, -0.2) is 22.4 Å². The maximum absolute atomic E-state index is 15.6. The van der Waals surface area contributed by atoms with E-state index >= 15 is 8.78 Å². The van der Waals surface area contributed by atoms with Crippen molar-refractivity contribution in [3.05, 3.63) is 101 Å². The summed E-state index contributed by atoms with van der Waals surface area (Å²) in [6, 6.07) is 20.5. The lowest BCUT2D eigenvalue weighted by Crippen LogP contribution is -2.47. The maximum atomic E-state index is 15.6. The molecule has 1 aromatic heterocycles. The lowest BCUT2D eigenvalue weighted by atomic mass is 9.98. The number of aryl methyl sites for hydroxylation is 1. The van der Waals surface area contributed by atoms with Gasteiger partial charge in [-0.2, -0.15) is 4.98 Å². The molecule has 0 aliphatic carbocycles. The fraction of sp³-hybridized carbons (Fsp3) is 0.235. The van der Waals surface area contributed by atoms with Crippen LogP contribution < -0.4 is 4.74 Å². The molecule has 1 aliphatic heterocycles. The van der Waals surface area contributed by atoms with Crippen LogP contribution >= 0.6 is 0 Å². The number of nitrogens with one attached hydrogen (secondary N) is 1. The maximum Gasteiger partial charge on any atom is 0.336 e. The number of aromatic carboxylic acids is 1. The van der Waals surface area contributed by atoms with E-state index < -0.39 is 24.0 Å². The number of benzene rings is 4. The van der Waals surface area contributed by atoms with E-state index in [9.17, 15) is 18.7 Å². The van der Waals surface area contributed by atoms with Gasteiger partial charge in [0.2, 0.25) is 0 Å². The molecule has 0 unspecified atom stereocenters. The van der Waals surface area contributed by atoms with E-state index in [1.165, 1.54) is 6.07 Å². The third-order valence-corrected chi connectivity index (χ3v) is 8.03. The Morgan fingerprint density at radius 2 is 1.53 bits per heavy atom. The van der Waals surface area contributed by atoms with Crippen molar-refractivity contribution in [1.82, 2.24) is 19.8 Å². The number of nitrogens with zero attached hydrogens (tertiary/aromatic N) is 3. The van der Waals surface area contributed by atoms with E-state index in [1.807, 2.05) is 24.3 Å². The highest BCUT2D eigenvalue weighted by atomic mass is 19.3. The predicted octanol–water partition coefficient (Wildman–Crippen LogP) is 7.36. The summed E-state index contributed by atoms with van der Waals surface area (Å²) in [5, 5.41) is 9.36. The third-order valence-electron chi connectivity index (χ3n) is 8.03. The van der Waals surface area contributed by atoms with Crippen LogP contribution in [-0.4, -0.2) is 70.0 Å². The van der Waals surface area contributed by atoms with Crippen molar-refractivity contribution in [2.75, 3.05) is 32.7 Å². The van der Waals surface area contributed by atoms with E-state index in [1.54, 1.807) is 48.2 Å². The Morgan fingerprint density at radius 3 is 2.18 bits per heavy atom. The summed E-state index contributed by atoms with van der Waals surface area (Å²) < 4.78 is 61.7. The highest BCUT2D eigenvalue weighted by molar-refractivity contribution is 5.90. The van der Waals surface area contributed by atoms with Gasteiger partial charge >= 0.3 is 5.97 Å². The number of H-pyrrole nitrogens is 1. The summed E-state index contributed by atoms with van der Waals surface area (Å²) in [6.45, 7) is 4.94. The van der Waals surface area contributed by atoms with Crippen LogP contribution in [0.4, 0.5) is 17.6 Å². The molecule has 2 heterocycles. The lowest BCUT2D eigenvalue weighted by Gasteiger charge is -2.34. The first-order chi connectivity index (χ1) is 21.6. The van der Waals surface area contributed by atoms with Crippen LogP contribution in [-0.2, 0) is 6.54 Å². The SMILES string of the molecule is Cc1ccc(Oc2nc3c(F)c(-c4ccc(-c5ccc(CN6CCN(CC(F)F)CC6)cc5)cc4)c(F)cc3[nH]2)cc1C(=O)O. The number of carbonyl (C=O) groups is 1. The Kier molecular flexibility index (Phi) is 8.55. The largest absolute Gasteiger partial charge is 0.478 e. The molecule has 11 heteroatoms. The molecule has 2 N–H and O–H groups in total. The molecule has 7 nitrogen and oxygen atoms in total. The minimum absolute atomic E-state index is 0.0583. The number of alkyl halides is 2. The van der Waals surface area contributed by atoms with Crippen molar-refractivity contribution >= 4 is 17.0 Å². The molecule has 1 saturated heterocycles. The van der Waals surface area contributed by atoms with Crippen LogP contribution in [0, 0.1) is 18.6 Å². The number of aromatic nitrogens is 2. The normalized spacial score (nSPS) is 14.4. The van der Waals surface area contributed by atoms with Gasteiger partial charge in [-0.1, -0.05) is 54.6 Å². The summed E-state index contributed by atoms with van der Waals surface area (Å²) in [6.07, 6.45) is -2.31. The number of halogens is 4. The summed E-state index contributed by atoms with van der Waals surface area (Å²) in [4.78, 5) is 22.4. The minimum atomic E-state index is -2.31. The van der Waals surface area contributed by atoms with Gasteiger partial charge < -0.3 is 14.8 Å². The zero-order valence-corrected chi connectivity index (χ0v) is 24.4. The zero-order valence-electron chi connectivity index (χ0n) is 24.4. The molecule has 0 atom stereocenters. The van der Waals surface area contributed by atoms with E-state index in [4.69, 9.17) is 4.74 Å². The molecule has 0 radical (unpaired) electrons. The van der Waals surface area contributed by atoms with Crippen LogP contribution in [0.1, 0.15) is 21.5 Å². The summed E-state index contributed by atoms with van der Waals surface area (Å²) in [7, 11) is 0. The van der Waals surface area contributed by atoms with Crippen LogP contribution in [0.5, 0.6) is 11.8 Å². The lowest BCUT2D eigenvalue weighted by molar-refractivity contribution is 0.0543. The van der Waals surface area contributed by atoms with Gasteiger partial charge in [-0.3, -0.25) is 9.80 Å². The number of imidazole rings is 1. The van der Waals surface area contributed by atoms with Crippen molar-refractivity contribution in [3.63, 3.8) is 0 Å². The average Bonchev–Trinajstić information content (AvgIpc) is 3.42. The molecule has 0 spiro atoms. The average molecular weight is 619 g/mol. The number of carboxylic acid groups (broad SMARTS) is 1. The fourth-order valence-electron chi connectivity index (χ4n) is 5.59. The van der Waals surface area contributed by atoms with Crippen LogP contribution in [0.25, 0.3) is 33.3 Å². The van der Waals surface area contributed by atoms with E-state index in [0.717, 1.165) is 42.4 Å². The van der Waals surface area contributed by atoms with Crippen LogP contribution in [0.2, 0.25) is 0 Å². The van der Waals surface area contributed by atoms with Crippen molar-refractivity contribution < 1.29 is 32.2 Å². The smallest absolute Gasteiger partial charge is 0.336 e. The molecule has 45 heavy (non-hydrogen) atoms. The molecular weight excluding hydrogens is 588 g/mol. The first-order valence-corrected chi connectivity index (χ1v) is 14.5. The van der Waals surface area contributed by atoms with Crippen molar-refractivity contribution in [3.8, 4) is 34.0 Å². The zero-order chi connectivity index (χ0) is 31.7. The van der Waals surface area contributed by atoms with Crippen molar-refractivity contribution in [2.45, 2.75) is 19.9 Å². The number of hydrogen-bond acceptors (Lipinski definition) is 5. The molecule has 0 bridgehead atoms. The molecule has 6 rings (SSSR count). The molecule has 4 aromatic carbocycles. The first kappa shape index (κ1) is 30.3. The number of piperazine rings is 1. The molecule has 1 fully saturated rings. The molecular formula is C34H30F4N4O3. The predicted molar refractivity (Wildman–Crippen MR) is 163 cm³/mol. The van der Waals surface area contributed by atoms with Gasteiger partial charge in [0, 0.05) is 38.8 Å². The second-order valence-corrected chi connectivity index (χ2v) is 11.1. The third kappa shape index (κ3) is 6.69. The molecule has 0 saturated carbocycles. The van der Waals surface area contributed by atoms with Gasteiger partial charge in [0.05, 0.1) is 23.2 Å². The quantitative estimate of drug-likeness (QED) is 0.168. The fourth-order valence-corrected chi connectivity index (χ4v) is 5.59. The van der Waals surface area contributed by atoms with Gasteiger partial charge in [-0.15, -0.1) is 0 Å². The number of fused-ring (bicyclic) bond motifs is 1. The second kappa shape index (κ2) is 12.7. The summed E-state index contributed by atoms with van der Waals surface area (Å²) in [5.74, 6) is -2.54. The first-order valence-electron chi connectivity index (χ1n) is 14.5. The number of carboxylic acids is 1. The van der Waals surface area contributed by atoms with Gasteiger partial charge in [-0.05, 0) is 46.9 Å². The van der Waals surface area contributed by atoms with E-state index in [2.05, 4.69) is 14.9 Å². The highest BCUT2D eigenvalue weighted by Crippen LogP contribution is 2.34. The number of ether oxygens (including phenoxy) is 1. The van der Waals surface area contributed by atoms with Crippen LogP contribution in [0.15, 0.2) is 72.8 Å². The number of hydrogen-bond donors (Lipinski definition) is 2. The highest BCUT2D eigenvalue weighted by Gasteiger charge is 2.21. The Hall–Kier alpha value is -4.74. The molecule has 0 amide bonds. The summed E-state index contributed by atoms with van der Waals surface area (Å²) in [5.41, 5.74) is 3.65. The Morgan fingerprint density at radius 1 is 0.911 bits per heavy atom. The van der Waals surface area contributed by atoms with Crippen LogP contribution in [0.3, 0.4) is 0 Å². The van der Waals surface area contributed by atoms with E-state index in [-0.39, 0.29) is 40.5 Å². The topological polar surface area (TPSA) is 81.7 Å². The molecule has 5 aromatic rings. The Balaban J connectivity index is 1.15. The molecule has 1 aliphatic rings. The second-order valence-electron chi connectivity index (χ2n) is 11.1. The summed E-state index contributed by atoms with van der Waals surface area (Å²) >= 11 is 0. The minimum Gasteiger partial charge on any atom is -0.478 e. The standard InChI is InChI=1S/C34H30F4N4O3/c1-20-2-11-25(16-26(20)33(43)44)45-34-39-28-17-27(35)30(31(38)32(28)40-34)24-9-7-23(8-10-24)22-5-3-21(4-6-22)18-41-12-14-42(15-13-41)19-29(36)37/h2-11,16-17,29H,12-15,18-19H2,1H3,(H,39,40)(H,43,44). The van der Waals surface area contributed by atoms with Gasteiger partial charge in [0.1, 0.15) is 17.1 Å². The monoisotopic (exact) mass is 618 g/mol. The van der Waals surface area contributed by atoms with Gasteiger partial charge in [0.25, 0.3) is 12.4 Å². The molecule has 232 valence electrons. The Labute approximate surface area is 256 Å². The number of aromatic amines is 1.